The first-order valence-electron chi connectivity index (χ1n) is 6.56. The molecule has 18 heavy (non-hydrogen) atoms. The van der Waals surface area contributed by atoms with E-state index in [0.29, 0.717) is 5.56 Å². The first-order chi connectivity index (χ1) is 8.74. The van der Waals surface area contributed by atoms with Crippen molar-refractivity contribution in [1.29, 1.82) is 0 Å². The van der Waals surface area contributed by atoms with Crippen LogP contribution >= 0.6 is 0 Å². The molecule has 0 radical (unpaired) electrons. The number of hydrogen-bond donors (Lipinski definition) is 1. The lowest BCUT2D eigenvalue weighted by atomic mass is 10.1. The van der Waals surface area contributed by atoms with Crippen LogP contribution in [-0.2, 0) is 6.54 Å². The van der Waals surface area contributed by atoms with Crippen molar-refractivity contribution >= 4 is 16.9 Å². The molecule has 3 rings (SSSR count). The summed E-state index contributed by atoms with van der Waals surface area (Å²) in [6.07, 6.45) is 7.44. The predicted octanol–water partition coefficient (Wildman–Crippen LogP) is 3.53. The highest BCUT2D eigenvalue weighted by Crippen LogP contribution is 2.28. The maximum absolute atomic E-state index is 10.9. The Hall–Kier alpha value is -1.77. The summed E-state index contributed by atoms with van der Waals surface area (Å²) in [7, 11) is 0. The Morgan fingerprint density at radius 1 is 1.28 bits per heavy atom. The van der Waals surface area contributed by atoms with E-state index in [2.05, 4.69) is 10.8 Å². The Labute approximate surface area is 106 Å². The van der Waals surface area contributed by atoms with Crippen molar-refractivity contribution < 1.29 is 9.90 Å². The van der Waals surface area contributed by atoms with Crippen LogP contribution in [0.1, 0.15) is 36.0 Å². The van der Waals surface area contributed by atoms with Gasteiger partial charge in [-0.3, -0.25) is 0 Å². The molecule has 0 aliphatic heterocycles. The molecule has 1 saturated carbocycles. The summed E-state index contributed by atoms with van der Waals surface area (Å²) in [6.45, 7) is 1.07. The van der Waals surface area contributed by atoms with Gasteiger partial charge in [0, 0.05) is 23.6 Å². The smallest absolute Gasteiger partial charge is 0.335 e. The number of carboxylic acids is 1. The SMILES string of the molecule is O=C(O)c1ccc2c(ccn2CC2CCCC2)c1. The highest BCUT2D eigenvalue weighted by atomic mass is 16.4. The second-order valence-corrected chi connectivity index (χ2v) is 5.20. The van der Waals surface area contributed by atoms with Crippen molar-refractivity contribution in [2.24, 2.45) is 5.92 Å². The summed E-state index contributed by atoms with van der Waals surface area (Å²) in [6, 6.07) is 7.38. The van der Waals surface area contributed by atoms with Gasteiger partial charge in [-0.1, -0.05) is 12.8 Å². The zero-order valence-electron chi connectivity index (χ0n) is 10.3. The molecule has 1 aromatic carbocycles. The molecule has 1 aliphatic rings. The highest BCUT2D eigenvalue weighted by Gasteiger charge is 2.16. The summed E-state index contributed by atoms with van der Waals surface area (Å²) in [4.78, 5) is 10.9. The molecular weight excluding hydrogens is 226 g/mol. The van der Waals surface area contributed by atoms with Crippen molar-refractivity contribution in [2.75, 3.05) is 0 Å². The second-order valence-electron chi connectivity index (χ2n) is 5.20. The standard InChI is InChI=1S/C15H17NO2/c17-15(18)13-5-6-14-12(9-13)7-8-16(14)10-11-3-1-2-4-11/h5-9,11H,1-4,10H2,(H,17,18). The average Bonchev–Trinajstić information content (AvgIpc) is 2.99. The van der Waals surface area contributed by atoms with Gasteiger partial charge < -0.3 is 9.67 Å². The molecule has 1 N–H and O–H groups in total. The van der Waals surface area contributed by atoms with Crippen LogP contribution in [0.2, 0.25) is 0 Å². The van der Waals surface area contributed by atoms with Crippen molar-refractivity contribution in [3.05, 3.63) is 36.0 Å². The predicted molar refractivity (Wildman–Crippen MR) is 70.9 cm³/mol. The molecule has 0 amide bonds. The van der Waals surface area contributed by atoms with E-state index in [0.717, 1.165) is 23.4 Å². The first-order valence-corrected chi connectivity index (χ1v) is 6.56. The van der Waals surface area contributed by atoms with Crippen molar-refractivity contribution in [3.8, 4) is 0 Å². The van der Waals surface area contributed by atoms with Gasteiger partial charge >= 0.3 is 5.97 Å². The fourth-order valence-corrected chi connectivity index (χ4v) is 2.96. The quantitative estimate of drug-likeness (QED) is 0.896. The Balaban J connectivity index is 1.91. The van der Waals surface area contributed by atoms with Gasteiger partial charge in [0.15, 0.2) is 0 Å². The van der Waals surface area contributed by atoms with Crippen LogP contribution in [-0.4, -0.2) is 15.6 Å². The summed E-state index contributed by atoms with van der Waals surface area (Å²) >= 11 is 0. The van der Waals surface area contributed by atoms with Gasteiger partial charge in [-0.15, -0.1) is 0 Å². The molecule has 3 heteroatoms. The average molecular weight is 243 g/mol. The van der Waals surface area contributed by atoms with E-state index < -0.39 is 5.97 Å². The second kappa shape index (κ2) is 4.48. The maximum atomic E-state index is 10.9. The summed E-state index contributed by atoms with van der Waals surface area (Å²) in [5.74, 6) is -0.0693. The summed E-state index contributed by atoms with van der Waals surface area (Å²) in [5.41, 5.74) is 1.51. The molecule has 1 aromatic heterocycles. The van der Waals surface area contributed by atoms with Gasteiger partial charge in [-0.05, 0) is 43.0 Å². The lowest BCUT2D eigenvalue weighted by Gasteiger charge is -2.11. The molecule has 0 spiro atoms. The van der Waals surface area contributed by atoms with Gasteiger partial charge in [-0.25, -0.2) is 4.79 Å². The zero-order chi connectivity index (χ0) is 12.5. The van der Waals surface area contributed by atoms with Crippen molar-refractivity contribution in [3.63, 3.8) is 0 Å². The number of carbonyl (C=O) groups is 1. The summed E-state index contributed by atoms with van der Waals surface area (Å²) in [5, 5.41) is 10.00. The number of aromatic carboxylic acids is 1. The molecule has 0 atom stereocenters. The Bertz CT molecular complexity index is 579. The monoisotopic (exact) mass is 243 g/mol. The van der Waals surface area contributed by atoms with E-state index in [9.17, 15) is 4.79 Å². The van der Waals surface area contributed by atoms with E-state index in [-0.39, 0.29) is 0 Å². The van der Waals surface area contributed by atoms with Crippen molar-refractivity contribution in [1.82, 2.24) is 4.57 Å². The normalized spacial score (nSPS) is 16.4. The number of fused-ring (bicyclic) bond motifs is 1. The lowest BCUT2D eigenvalue weighted by molar-refractivity contribution is 0.0697. The first kappa shape index (κ1) is 11.3. The van der Waals surface area contributed by atoms with Crippen LogP contribution in [0.3, 0.4) is 0 Å². The topological polar surface area (TPSA) is 42.2 Å². The largest absolute Gasteiger partial charge is 0.478 e. The minimum Gasteiger partial charge on any atom is -0.478 e. The number of carboxylic acid groups (broad SMARTS) is 1. The Kier molecular flexibility index (Phi) is 2.82. The molecule has 0 bridgehead atoms. The van der Waals surface area contributed by atoms with E-state index >= 15 is 0 Å². The Morgan fingerprint density at radius 2 is 2.06 bits per heavy atom. The van der Waals surface area contributed by atoms with E-state index in [1.54, 1.807) is 12.1 Å². The van der Waals surface area contributed by atoms with Gasteiger partial charge in [0.05, 0.1) is 5.56 Å². The number of aromatic nitrogens is 1. The molecule has 94 valence electrons. The van der Waals surface area contributed by atoms with Crippen LogP contribution in [0.15, 0.2) is 30.5 Å². The van der Waals surface area contributed by atoms with Crippen LogP contribution < -0.4 is 0 Å². The third-order valence-electron chi connectivity index (χ3n) is 3.95. The van der Waals surface area contributed by atoms with E-state index in [1.807, 2.05) is 12.1 Å². The van der Waals surface area contributed by atoms with Crippen LogP contribution in [0.4, 0.5) is 0 Å². The van der Waals surface area contributed by atoms with E-state index in [4.69, 9.17) is 5.11 Å². The Morgan fingerprint density at radius 3 is 2.78 bits per heavy atom. The molecule has 1 heterocycles. The minimum absolute atomic E-state index is 0.362. The van der Waals surface area contributed by atoms with Gasteiger partial charge in [0.25, 0.3) is 0 Å². The van der Waals surface area contributed by atoms with Gasteiger partial charge in [-0.2, -0.15) is 0 Å². The molecular formula is C15H17NO2. The fraction of sp³-hybridized carbons (Fsp3) is 0.400. The molecule has 3 nitrogen and oxygen atoms in total. The third-order valence-corrected chi connectivity index (χ3v) is 3.95. The maximum Gasteiger partial charge on any atom is 0.335 e. The van der Waals surface area contributed by atoms with E-state index in [1.165, 1.54) is 25.7 Å². The number of nitrogens with zero attached hydrogens (tertiary/aromatic N) is 1. The minimum atomic E-state index is -0.861. The third kappa shape index (κ3) is 2.01. The molecule has 1 aliphatic carbocycles. The number of benzene rings is 1. The number of hydrogen-bond acceptors (Lipinski definition) is 1. The molecule has 2 aromatic rings. The molecule has 0 saturated heterocycles. The van der Waals surface area contributed by atoms with Crippen molar-refractivity contribution in [2.45, 2.75) is 32.2 Å². The molecule has 0 unspecified atom stereocenters. The number of rotatable bonds is 3. The van der Waals surface area contributed by atoms with Crippen LogP contribution in [0.25, 0.3) is 10.9 Å². The molecule has 1 fully saturated rings. The van der Waals surface area contributed by atoms with Gasteiger partial charge in [0.2, 0.25) is 0 Å². The summed E-state index contributed by atoms with van der Waals surface area (Å²) < 4.78 is 2.26. The van der Waals surface area contributed by atoms with Crippen LogP contribution in [0.5, 0.6) is 0 Å². The lowest BCUT2D eigenvalue weighted by Crippen LogP contribution is -2.06. The highest BCUT2D eigenvalue weighted by molar-refractivity contribution is 5.93. The van der Waals surface area contributed by atoms with Crippen LogP contribution in [0, 0.1) is 5.92 Å². The zero-order valence-corrected chi connectivity index (χ0v) is 10.3. The fourth-order valence-electron chi connectivity index (χ4n) is 2.96. The van der Waals surface area contributed by atoms with Gasteiger partial charge in [0.1, 0.15) is 0 Å².